The van der Waals surface area contributed by atoms with Crippen LogP contribution in [0.1, 0.15) is 32.8 Å². The quantitative estimate of drug-likeness (QED) is 0.775. The van der Waals surface area contributed by atoms with Crippen LogP contribution in [0.5, 0.6) is 0 Å². The first-order valence-corrected chi connectivity index (χ1v) is 8.55. The minimum Gasteiger partial charge on any atom is -0.458 e. The molecule has 2 aliphatic rings. The van der Waals surface area contributed by atoms with Gasteiger partial charge in [-0.2, -0.15) is 0 Å². The van der Waals surface area contributed by atoms with Gasteiger partial charge in [-0.15, -0.1) is 0 Å². The molecule has 2 saturated heterocycles. The van der Waals surface area contributed by atoms with Gasteiger partial charge in [0.05, 0.1) is 12.7 Å². The van der Waals surface area contributed by atoms with Crippen LogP contribution < -0.4 is 0 Å². The second-order valence-electron chi connectivity index (χ2n) is 7.51. The Hall–Kier alpha value is -1.43. The van der Waals surface area contributed by atoms with E-state index in [0.29, 0.717) is 6.61 Å². The van der Waals surface area contributed by atoms with Crippen LogP contribution in [-0.4, -0.2) is 43.3 Å². The summed E-state index contributed by atoms with van der Waals surface area (Å²) in [6.45, 7) is 6.05. The van der Waals surface area contributed by atoms with Gasteiger partial charge in [0.2, 0.25) is 0 Å². The third-order valence-corrected chi connectivity index (χ3v) is 4.23. The number of benzene rings is 1. The molecule has 0 spiro atoms. The van der Waals surface area contributed by atoms with E-state index in [1.54, 1.807) is 0 Å². The molecule has 1 aromatic rings. The van der Waals surface area contributed by atoms with Crippen molar-refractivity contribution in [2.24, 2.45) is 5.92 Å². The number of ether oxygens (including phenoxy) is 4. The summed E-state index contributed by atoms with van der Waals surface area (Å²) in [6, 6.07) is 10.3. The van der Waals surface area contributed by atoms with E-state index in [1.165, 1.54) is 5.56 Å². The van der Waals surface area contributed by atoms with Crippen LogP contribution >= 0.6 is 0 Å². The van der Waals surface area contributed by atoms with Crippen molar-refractivity contribution in [3.63, 3.8) is 0 Å². The number of esters is 1. The Morgan fingerprint density at radius 3 is 2.71 bits per heavy atom. The Bertz CT molecular complexity index is 551. The molecule has 0 radical (unpaired) electrons. The summed E-state index contributed by atoms with van der Waals surface area (Å²) in [5, 5.41) is 0. The molecule has 0 saturated carbocycles. The topological polar surface area (TPSA) is 54.0 Å². The molecule has 0 aromatic heterocycles. The fourth-order valence-corrected chi connectivity index (χ4v) is 3.33. The Kier molecular flexibility index (Phi) is 5.23. The SMILES string of the molecule is CC(C)(C)OC(=O)COC1C(Cc2ccccc2)C[C@H]2CO[C@@H]1O2. The van der Waals surface area contributed by atoms with Crippen LogP contribution in [0.4, 0.5) is 0 Å². The molecule has 2 bridgehead atoms. The standard InChI is InChI=1S/C19H26O5/c1-19(2,3)24-16(20)12-21-17-14(9-13-7-5-4-6-8-13)10-15-11-22-18(17)23-15/h4-8,14-15,17-18H,9-12H2,1-3H3/t14?,15-,17?,18+/m0/s1. The van der Waals surface area contributed by atoms with Gasteiger partial charge in [-0.3, -0.25) is 0 Å². The number of carbonyl (C=O) groups is 1. The Morgan fingerprint density at radius 1 is 1.25 bits per heavy atom. The highest BCUT2D eigenvalue weighted by Crippen LogP contribution is 2.35. The molecular formula is C19H26O5. The Labute approximate surface area is 143 Å². The predicted octanol–water partition coefficient (Wildman–Crippen LogP) is 2.72. The van der Waals surface area contributed by atoms with E-state index in [0.717, 1.165) is 12.8 Å². The number of hydrogen-bond acceptors (Lipinski definition) is 5. The molecule has 1 aromatic carbocycles. The maximum absolute atomic E-state index is 11.9. The summed E-state index contributed by atoms with van der Waals surface area (Å²) in [5.41, 5.74) is 0.747. The van der Waals surface area contributed by atoms with Crippen LogP contribution in [0.15, 0.2) is 30.3 Å². The van der Waals surface area contributed by atoms with Crippen molar-refractivity contribution in [3.05, 3.63) is 35.9 Å². The lowest BCUT2D eigenvalue weighted by Gasteiger charge is -2.35. The van der Waals surface area contributed by atoms with E-state index in [1.807, 2.05) is 39.0 Å². The zero-order valence-electron chi connectivity index (χ0n) is 14.6. The lowest BCUT2D eigenvalue weighted by molar-refractivity contribution is -0.203. The van der Waals surface area contributed by atoms with Gasteiger partial charge >= 0.3 is 5.97 Å². The van der Waals surface area contributed by atoms with Crippen LogP contribution in [0.2, 0.25) is 0 Å². The van der Waals surface area contributed by atoms with Gasteiger partial charge < -0.3 is 18.9 Å². The summed E-state index contributed by atoms with van der Waals surface area (Å²) in [5.74, 6) is -0.0952. The highest BCUT2D eigenvalue weighted by molar-refractivity contribution is 5.71. The van der Waals surface area contributed by atoms with Crippen LogP contribution in [-0.2, 0) is 30.2 Å². The van der Waals surface area contributed by atoms with Gasteiger partial charge in [-0.05, 0) is 45.1 Å². The van der Waals surface area contributed by atoms with Crippen molar-refractivity contribution in [2.75, 3.05) is 13.2 Å². The minimum atomic E-state index is -0.512. The molecule has 3 rings (SSSR count). The molecule has 132 valence electrons. The van der Waals surface area contributed by atoms with Gasteiger partial charge in [0.25, 0.3) is 0 Å². The van der Waals surface area contributed by atoms with E-state index >= 15 is 0 Å². The molecule has 0 N–H and O–H groups in total. The van der Waals surface area contributed by atoms with Crippen molar-refractivity contribution < 1.29 is 23.7 Å². The lowest BCUT2D eigenvalue weighted by Crippen LogP contribution is -2.44. The van der Waals surface area contributed by atoms with Gasteiger partial charge in [0, 0.05) is 0 Å². The summed E-state index contributed by atoms with van der Waals surface area (Å²) in [7, 11) is 0. The van der Waals surface area contributed by atoms with Crippen molar-refractivity contribution in [1.82, 2.24) is 0 Å². The minimum absolute atomic E-state index is 0.0822. The smallest absolute Gasteiger partial charge is 0.332 e. The fourth-order valence-electron chi connectivity index (χ4n) is 3.33. The second-order valence-corrected chi connectivity index (χ2v) is 7.51. The molecule has 2 unspecified atom stereocenters. The number of carbonyl (C=O) groups excluding carboxylic acids is 1. The first kappa shape index (κ1) is 17.4. The van der Waals surface area contributed by atoms with E-state index in [2.05, 4.69) is 12.1 Å². The largest absolute Gasteiger partial charge is 0.458 e. The Morgan fingerprint density at radius 2 is 2.00 bits per heavy atom. The van der Waals surface area contributed by atoms with Gasteiger partial charge in [0.1, 0.15) is 18.3 Å². The summed E-state index contributed by atoms with van der Waals surface area (Å²) in [6.07, 6.45) is 1.26. The highest BCUT2D eigenvalue weighted by Gasteiger charge is 2.45. The van der Waals surface area contributed by atoms with Crippen molar-refractivity contribution in [1.29, 1.82) is 0 Å². The van der Waals surface area contributed by atoms with E-state index in [4.69, 9.17) is 18.9 Å². The Balaban J connectivity index is 1.62. The number of fused-ring (bicyclic) bond motifs is 2. The first-order valence-electron chi connectivity index (χ1n) is 8.55. The van der Waals surface area contributed by atoms with Crippen LogP contribution in [0, 0.1) is 5.92 Å². The molecule has 4 atom stereocenters. The molecule has 24 heavy (non-hydrogen) atoms. The number of hydrogen-bond donors (Lipinski definition) is 0. The zero-order chi connectivity index (χ0) is 17.2. The maximum Gasteiger partial charge on any atom is 0.332 e. The van der Waals surface area contributed by atoms with Crippen LogP contribution in [0.25, 0.3) is 0 Å². The maximum atomic E-state index is 11.9. The summed E-state index contributed by atoms with van der Waals surface area (Å²) >= 11 is 0. The van der Waals surface area contributed by atoms with Gasteiger partial charge in [0.15, 0.2) is 6.29 Å². The monoisotopic (exact) mass is 334 g/mol. The molecule has 0 aliphatic carbocycles. The molecule has 5 nitrogen and oxygen atoms in total. The predicted molar refractivity (Wildman–Crippen MR) is 88.5 cm³/mol. The molecule has 2 aliphatic heterocycles. The zero-order valence-corrected chi connectivity index (χ0v) is 14.6. The number of rotatable bonds is 5. The lowest BCUT2D eigenvalue weighted by atomic mass is 9.87. The average Bonchev–Trinajstić information content (AvgIpc) is 2.89. The van der Waals surface area contributed by atoms with Crippen LogP contribution in [0.3, 0.4) is 0 Å². The summed E-state index contributed by atoms with van der Waals surface area (Å²) < 4.78 is 22.7. The molecule has 0 amide bonds. The fraction of sp³-hybridized carbons (Fsp3) is 0.632. The normalized spacial score (nSPS) is 29.5. The third-order valence-electron chi connectivity index (χ3n) is 4.23. The van der Waals surface area contributed by atoms with Crippen molar-refractivity contribution >= 4 is 5.97 Å². The van der Waals surface area contributed by atoms with Gasteiger partial charge in [-0.1, -0.05) is 30.3 Å². The second kappa shape index (κ2) is 7.21. The molecular weight excluding hydrogens is 308 g/mol. The molecule has 5 heteroatoms. The summed E-state index contributed by atoms with van der Waals surface area (Å²) in [4.78, 5) is 11.9. The highest BCUT2D eigenvalue weighted by atomic mass is 16.7. The van der Waals surface area contributed by atoms with E-state index in [9.17, 15) is 4.79 Å². The average molecular weight is 334 g/mol. The molecule has 2 heterocycles. The van der Waals surface area contributed by atoms with E-state index < -0.39 is 5.60 Å². The first-order chi connectivity index (χ1) is 11.4. The third kappa shape index (κ3) is 4.56. The van der Waals surface area contributed by atoms with Crippen molar-refractivity contribution in [2.45, 2.75) is 57.7 Å². The van der Waals surface area contributed by atoms with Crippen molar-refractivity contribution in [3.8, 4) is 0 Å². The molecule has 2 fully saturated rings. The van der Waals surface area contributed by atoms with E-state index in [-0.39, 0.29) is 37.0 Å². The van der Waals surface area contributed by atoms with Gasteiger partial charge in [-0.25, -0.2) is 4.79 Å².